The van der Waals surface area contributed by atoms with Gasteiger partial charge in [0, 0.05) is 5.69 Å². The number of hydrogen-bond donors (Lipinski definition) is 2. The van der Waals surface area contributed by atoms with Gasteiger partial charge in [-0.15, -0.1) is 6.42 Å². The number of terminal acetylenes is 1. The van der Waals surface area contributed by atoms with E-state index in [1.165, 1.54) is 23.1 Å². The van der Waals surface area contributed by atoms with Crippen molar-refractivity contribution in [2.24, 2.45) is 0 Å². The molecule has 108 valence electrons. The first-order valence-corrected chi connectivity index (χ1v) is 6.21. The minimum absolute atomic E-state index is 0.0495. The average Bonchev–Trinajstić information content (AvgIpc) is 2.38. The van der Waals surface area contributed by atoms with Crippen LogP contribution in [0.15, 0.2) is 18.2 Å². The lowest BCUT2D eigenvalue weighted by Crippen LogP contribution is -2.37. The smallest absolute Gasteiger partial charge is 0.317 e. The number of hydrogen-bond acceptors (Lipinski definition) is 4. The van der Waals surface area contributed by atoms with E-state index >= 15 is 0 Å². The SMILES string of the molecule is C#CCN(CC(=O)O)CC(=O)Nc1ccc(C#N)c(Cl)c1. The number of anilines is 1. The zero-order valence-electron chi connectivity index (χ0n) is 11.0. The topological polar surface area (TPSA) is 93.4 Å². The highest BCUT2D eigenvalue weighted by Gasteiger charge is 2.13. The summed E-state index contributed by atoms with van der Waals surface area (Å²) >= 11 is 5.85. The van der Waals surface area contributed by atoms with Crippen LogP contribution in [-0.4, -0.2) is 41.5 Å². The molecular formula is C14H12ClN3O3. The number of halogens is 1. The van der Waals surface area contributed by atoms with Crippen LogP contribution < -0.4 is 5.32 Å². The van der Waals surface area contributed by atoms with E-state index in [4.69, 9.17) is 28.4 Å². The van der Waals surface area contributed by atoms with Gasteiger partial charge in [-0.05, 0) is 18.2 Å². The summed E-state index contributed by atoms with van der Waals surface area (Å²) in [5.41, 5.74) is 0.717. The number of nitriles is 1. The van der Waals surface area contributed by atoms with Crippen molar-refractivity contribution >= 4 is 29.2 Å². The van der Waals surface area contributed by atoms with Gasteiger partial charge in [0.15, 0.2) is 0 Å². The number of aliphatic carboxylic acids is 1. The maximum Gasteiger partial charge on any atom is 0.317 e. The van der Waals surface area contributed by atoms with Gasteiger partial charge in [0.25, 0.3) is 0 Å². The second-order valence-electron chi connectivity index (χ2n) is 4.10. The lowest BCUT2D eigenvalue weighted by atomic mass is 10.2. The predicted octanol–water partition coefficient (Wildman–Crippen LogP) is 1.17. The van der Waals surface area contributed by atoms with E-state index < -0.39 is 11.9 Å². The molecular weight excluding hydrogens is 294 g/mol. The van der Waals surface area contributed by atoms with Gasteiger partial charge in [-0.25, -0.2) is 0 Å². The van der Waals surface area contributed by atoms with Crippen LogP contribution >= 0.6 is 11.6 Å². The molecule has 0 aromatic heterocycles. The Hall–Kier alpha value is -2.54. The Morgan fingerprint density at radius 3 is 2.67 bits per heavy atom. The van der Waals surface area contributed by atoms with E-state index in [2.05, 4.69) is 11.2 Å². The van der Waals surface area contributed by atoms with Crippen molar-refractivity contribution in [3.63, 3.8) is 0 Å². The monoisotopic (exact) mass is 305 g/mol. The Kier molecular flexibility index (Phi) is 6.22. The molecule has 7 heteroatoms. The molecule has 1 aromatic carbocycles. The van der Waals surface area contributed by atoms with Crippen molar-refractivity contribution in [3.8, 4) is 18.4 Å². The Morgan fingerprint density at radius 2 is 2.14 bits per heavy atom. The molecule has 0 radical (unpaired) electrons. The lowest BCUT2D eigenvalue weighted by molar-refractivity contribution is -0.138. The van der Waals surface area contributed by atoms with Crippen LogP contribution in [0.2, 0.25) is 5.02 Å². The van der Waals surface area contributed by atoms with Gasteiger partial charge < -0.3 is 10.4 Å². The van der Waals surface area contributed by atoms with E-state index in [0.29, 0.717) is 11.3 Å². The molecule has 1 rings (SSSR count). The summed E-state index contributed by atoms with van der Waals surface area (Å²) in [6, 6.07) is 6.36. The Labute approximate surface area is 126 Å². The van der Waals surface area contributed by atoms with Gasteiger partial charge in [-0.3, -0.25) is 14.5 Å². The number of carbonyl (C=O) groups is 2. The van der Waals surface area contributed by atoms with Gasteiger partial charge >= 0.3 is 5.97 Å². The minimum Gasteiger partial charge on any atom is -0.480 e. The average molecular weight is 306 g/mol. The molecule has 2 N–H and O–H groups in total. The third kappa shape index (κ3) is 5.53. The van der Waals surface area contributed by atoms with Crippen molar-refractivity contribution in [1.82, 2.24) is 4.90 Å². The summed E-state index contributed by atoms with van der Waals surface area (Å²) < 4.78 is 0. The number of benzene rings is 1. The van der Waals surface area contributed by atoms with Crippen molar-refractivity contribution in [2.75, 3.05) is 25.0 Å². The molecule has 0 saturated carbocycles. The fourth-order valence-corrected chi connectivity index (χ4v) is 1.80. The van der Waals surface area contributed by atoms with Gasteiger partial charge in [0.05, 0.1) is 30.2 Å². The number of carboxylic acids is 1. The van der Waals surface area contributed by atoms with Crippen molar-refractivity contribution in [3.05, 3.63) is 28.8 Å². The van der Waals surface area contributed by atoms with Gasteiger partial charge in [0.2, 0.25) is 5.91 Å². The zero-order valence-corrected chi connectivity index (χ0v) is 11.7. The van der Waals surface area contributed by atoms with Crippen LogP contribution in [0.3, 0.4) is 0 Å². The number of nitrogens with one attached hydrogen (secondary N) is 1. The minimum atomic E-state index is -1.07. The van der Waals surface area contributed by atoms with Crippen molar-refractivity contribution < 1.29 is 14.7 Å². The number of carboxylic acid groups (broad SMARTS) is 1. The van der Waals surface area contributed by atoms with Crippen LogP contribution in [-0.2, 0) is 9.59 Å². The molecule has 0 fully saturated rings. The summed E-state index contributed by atoms with van der Waals surface area (Å²) in [7, 11) is 0. The molecule has 0 aliphatic carbocycles. The van der Waals surface area contributed by atoms with E-state index in [-0.39, 0.29) is 24.7 Å². The fourth-order valence-electron chi connectivity index (χ4n) is 1.58. The quantitative estimate of drug-likeness (QED) is 0.770. The number of amides is 1. The number of rotatable bonds is 6. The van der Waals surface area contributed by atoms with Crippen molar-refractivity contribution in [2.45, 2.75) is 0 Å². The molecule has 0 spiro atoms. The maximum atomic E-state index is 11.8. The molecule has 0 aliphatic rings. The predicted molar refractivity (Wildman–Crippen MR) is 77.7 cm³/mol. The normalized spacial score (nSPS) is 9.71. The third-order valence-electron chi connectivity index (χ3n) is 2.41. The van der Waals surface area contributed by atoms with Crippen molar-refractivity contribution in [1.29, 1.82) is 5.26 Å². The lowest BCUT2D eigenvalue weighted by Gasteiger charge is -2.16. The Bertz CT molecular complexity index is 631. The summed E-state index contributed by atoms with van der Waals surface area (Å²) in [5.74, 6) is 0.798. The van der Waals surface area contributed by atoms with E-state index in [0.717, 1.165) is 0 Å². The summed E-state index contributed by atoms with van der Waals surface area (Å²) in [5, 5.41) is 20.3. The largest absolute Gasteiger partial charge is 0.480 e. The molecule has 0 saturated heterocycles. The molecule has 21 heavy (non-hydrogen) atoms. The molecule has 0 atom stereocenters. The first-order valence-electron chi connectivity index (χ1n) is 5.83. The van der Waals surface area contributed by atoms with Crippen LogP contribution in [0.5, 0.6) is 0 Å². The maximum absolute atomic E-state index is 11.8. The molecule has 0 aliphatic heterocycles. The Morgan fingerprint density at radius 1 is 1.43 bits per heavy atom. The zero-order chi connectivity index (χ0) is 15.8. The van der Waals surface area contributed by atoms with Crippen LogP contribution in [0.25, 0.3) is 0 Å². The second kappa shape index (κ2) is 7.91. The molecule has 1 amide bonds. The van der Waals surface area contributed by atoms with Crippen LogP contribution in [0, 0.1) is 23.7 Å². The molecule has 0 bridgehead atoms. The molecule has 6 nitrogen and oxygen atoms in total. The highest BCUT2D eigenvalue weighted by molar-refractivity contribution is 6.32. The number of nitrogens with zero attached hydrogens (tertiary/aromatic N) is 2. The van der Waals surface area contributed by atoms with Crippen LogP contribution in [0.1, 0.15) is 5.56 Å². The van der Waals surface area contributed by atoms with E-state index in [1.807, 2.05) is 6.07 Å². The summed E-state index contributed by atoms with van der Waals surface area (Å²) in [6.07, 6.45) is 5.12. The number of carbonyl (C=O) groups excluding carboxylic acids is 1. The highest BCUT2D eigenvalue weighted by atomic mass is 35.5. The highest BCUT2D eigenvalue weighted by Crippen LogP contribution is 2.20. The van der Waals surface area contributed by atoms with Gasteiger partial charge in [0.1, 0.15) is 6.07 Å². The molecule has 1 aromatic rings. The molecule has 0 heterocycles. The van der Waals surface area contributed by atoms with Gasteiger partial charge in [-0.1, -0.05) is 17.5 Å². The standard InChI is InChI=1S/C14H12ClN3O3/c1-2-5-18(9-14(20)21)8-13(19)17-11-4-3-10(7-16)12(15)6-11/h1,3-4,6H,5,8-9H2,(H,17,19)(H,20,21). The fraction of sp³-hybridized carbons (Fsp3) is 0.214. The van der Waals surface area contributed by atoms with E-state index in [1.54, 1.807) is 0 Å². The Balaban J connectivity index is 2.68. The second-order valence-corrected chi connectivity index (χ2v) is 4.50. The third-order valence-corrected chi connectivity index (χ3v) is 2.73. The summed E-state index contributed by atoms with van der Waals surface area (Å²) in [4.78, 5) is 23.8. The summed E-state index contributed by atoms with van der Waals surface area (Å²) in [6.45, 7) is -0.437. The molecule has 0 unspecified atom stereocenters. The first-order chi connectivity index (χ1) is 9.96. The van der Waals surface area contributed by atoms with Crippen LogP contribution in [0.4, 0.5) is 5.69 Å². The first kappa shape index (κ1) is 16.5. The van der Waals surface area contributed by atoms with E-state index in [9.17, 15) is 9.59 Å². The van der Waals surface area contributed by atoms with Gasteiger partial charge in [-0.2, -0.15) is 5.26 Å².